The van der Waals surface area contributed by atoms with Gasteiger partial charge in [0, 0.05) is 0 Å². The summed E-state index contributed by atoms with van der Waals surface area (Å²) in [5.74, 6) is -0.966. The summed E-state index contributed by atoms with van der Waals surface area (Å²) < 4.78 is 50.9. The first-order valence-corrected chi connectivity index (χ1v) is 6.88. The average Bonchev–Trinajstić information content (AvgIpc) is 1.97. The van der Waals surface area contributed by atoms with Crippen LogP contribution in [0.3, 0.4) is 0 Å². The minimum atomic E-state index is -3.88. The minimum Gasteiger partial charge on any atom is -0.268 e. The molecule has 0 radical (unpaired) electrons. The zero-order valence-corrected chi connectivity index (χ0v) is 9.02. The largest absolute Gasteiger partial charge is 0.293 e. The highest BCUT2D eigenvalue weighted by atomic mass is 32.2. The van der Waals surface area contributed by atoms with Crippen molar-refractivity contribution in [1.82, 2.24) is 0 Å². The predicted molar refractivity (Wildman–Crippen MR) is 46.0 cm³/mol. The highest BCUT2D eigenvalue weighted by molar-refractivity contribution is 7.89. The summed E-state index contributed by atoms with van der Waals surface area (Å²) in [6, 6.07) is 0. The second kappa shape index (κ2) is 4.89. The minimum absolute atomic E-state index is 0.0233. The second-order valence-corrected chi connectivity index (χ2v) is 5.55. The van der Waals surface area contributed by atoms with Gasteiger partial charge >= 0.3 is 0 Å². The molecular weight excluding hydrogens is 220 g/mol. The molecule has 0 fully saturated rings. The molecule has 0 amide bonds. The van der Waals surface area contributed by atoms with Gasteiger partial charge in [0.05, 0.1) is 12.9 Å². The van der Waals surface area contributed by atoms with E-state index in [1.54, 1.807) is 6.92 Å². The number of rotatable bonds is 6. The van der Waals surface area contributed by atoms with Gasteiger partial charge in [-0.2, -0.15) is 16.8 Å². The van der Waals surface area contributed by atoms with Crippen molar-refractivity contribution in [2.45, 2.75) is 13.3 Å². The topological polar surface area (TPSA) is 86.7 Å². The molecule has 0 aliphatic heterocycles. The van der Waals surface area contributed by atoms with Gasteiger partial charge in [0.1, 0.15) is 0 Å². The zero-order valence-electron chi connectivity index (χ0n) is 7.39. The molecule has 0 aromatic heterocycles. The van der Waals surface area contributed by atoms with Crippen molar-refractivity contribution in [2.24, 2.45) is 0 Å². The monoisotopic (exact) mass is 232 g/mol. The lowest BCUT2D eigenvalue weighted by Gasteiger charge is -2.03. The fourth-order valence-electron chi connectivity index (χ4n) is 0.391. The summed E-state index contributed by atoms with van der Waals surface area (Å²) in [5.41, 5.74) is 0. The highest BCUT2D eigenvalue weighted by Crippen LogP contribution is 1.98. The van der Waals surface area contributed by atoms with E-state index in [0.717, 1.165) is 6.26 Å². The van der Waals surface area contributed by atoms with Gasteiger partial charge in [-0.3, -0.25) is 8.37 Å². The van der Waals surface area contributed by atoms with Gasteiger partial charge in [0.25, 0.3) is 20.2 Å². The molecule has 8 heteroatoms. The summed E-state index contributed by atoms with van der Waals surface area (Å²) >= 11 is 0. The van der Waals surface area contributed by atoms with E-state index in [4.69, 9.17) is 0 Å². The molecule has 80 valence electrons. The standard InChI is InChI=1S/C5H12O6S2/c1-3-4-10-13(8,9)5-11-12(2,6)7/h3-5H2,1-2H3. The first kappa shape index (κ1) is 12.8. The molecule has 0 aromatic carbocycles. The summed E-state index contributed by atoms with van der Waals surface area (Å²) in [5, 5.41) is 0. The van der Waals surface area contributed by atoms with Gasteiger partial charge in [-0.05, 0) is 6.42 Å². The van der Waals surface area contributed by atoms with E-state index in [1.165, 1.54) is 0 Å². The molecule has 0 heterocycles. The molecule has 0 aliphatic carbocycles. The number of hydrogen-bond donors (Lipinski definition) is 0. The molecule has 0 saturated heterocycles. The summed E-state index contributed by atoms with van der Waals surface area (Å²) in [6.07, 6.45) is 1.29. The van der Waals surface area contributed by atoms with Crippen LogP contribution in [0.1, 0.15) is 13.3 Å². The molecule has 0 N–H and O–H groups in total. The van der Waals surface area contributed by atoms with Gasteiger partial charge in [-0.25, -0.2) is 0 Å². The molecule has 0 bridgehead atoms. The Morgan fingerprint density at radius 3 is 2.00 bits per heavy atom. The molecule has 0 unspecified atom stereocenters. The second-order valence-electron chi connectivity index (χ2n) is 2.32. The molecule has 13 heavy (non-hydrogen) atoms. The lowest BCUT2D eigenvalue weighted by atomic mass is 10.5. The van der Waals surface area contributed by atoms with Crippen LogP contribution in [0.4, 0.5) is 0 Å². The maximum Gasteiger partial charge on any atom is 0.293 e. The third-order valence-electron chi connectivity index (χ3n) is 0.874. The Kier molecular flexibility index (Phi) is 4.82. The van der Waals surface area contributed by atoms with Crippen LogP contribution in [0.15, 0.2) is 0 Å². The van der Waals surface area contributed by atoms with Crippen molar-refractivity contribution in [3.63, 3.8) is 0 Å². The molecule has 0 spiro atoms. The SMILES string of the molecule is CCCOS(=O)(=O)COS(C)(=O)=O. The predicted octanol–water partition coefficient (Wildman–Crippen LogP) is -0.323. The van der Waals surface area contributed by atoms with Crippen molar-refractivity contribution >= 4 is 20.2 Å². The Morgan fingerprint density at radius 1 is 1.08 bits per heavy atom. The Hall–Kier alpha value is -0.180. The maximum absolute atomic E-state index is 10.8. The van der Waals surface area contributed by atoms with Crippen LogP contribution in [0.2, 0.25) is 0 Å². The zero-order chi connectivity index (χ0) is 10.5. The Labute approximate surface area is 78.1 Å². The maximum atomic E-state index is 10.8. The Balaban J connectivity index is 4.05. The summed E-state index contributed by atoms with van der Waals surface area (Å²) in [4.78, 5) is 0. The average molecular weight is 232 g/mol. The van der Waals surface area contributed by atoms with Crippen LogP contribution in [0, 0.1) is 0 Å². The van der Waals surface area contributed by atoms with Crippen molar-refractivity contribution in [2.75, 3.05) is 18.8 Å². The lowest BCUT2D eigenvalue weighted by molar-refractivity contribution is 0.288. The quantitative estimate of drug-likeness (QED) is 0.583. The van der Waals surface area contributed by atoms with Gasteiger partial charge in [0.15, 0.2) is 5.94 Å². The molecule has 0 rings (SSSR count). The van der Waals surface area contributed by atoms with Crippen molar-refractivity contribution < 1.29 is 25.2 Å². The number of hydrogen-bond acceptors (Lipinski definition) is 6. The third kappa shape index (κ3) is 8.16. The normalized spacial score (nSPS) is 13.1. The van der Waals surface area contributed by atoms with Crippen LogP contribution in [-0.2, 0) is 28.6 Å². The molecule has 0 aromatic rings. The molecule has 0 atom stereocenters. The summed E-state index contributed by atoms with van der Waals surface area (Å²) in [7, 11) is -7.62. The van der Waals surface area contributed by atoms with E-state index >= 15 is 0 Å². The van der Waals surface area contributed by atoms with E-state index in [-0.39, 0.29) is 6.61 Å². The van der Waals surface area contributed by atoms with Gasteiger partial charge in [-0.15, -0.1) is 0 Å². The van der Waals surface area contributed by atoms with E-state index in [9.17, 15) is 16.8 Å². The van der Waals surface area contributed by atoms with Crippen molar-refractivity contribution in [3.05, 3.63) is 0 Å². The van der Waals surface area contributed by atoms with Crippen LogP contribution in [-0.4, -0.2) is 35.6 Å². The van der Waals surface area contributed by atoms with Crippen LogP contribution in [0.5, 0.6) is 0 Å². The van der Waals surface area contributed by atoms with Crippen LogP contribution < -0.4 is 0 Å². The Morgan fingerprint density at radius 2 is 1.62 bits per heavy atom. The third-order valence-corrected chi connectivity index (χ3v) is 2.50. The lowest BCUT2D eigenvalue weighted by Crippen LogP contribution is -2.16. The first-order valence-electron chi connectivity index (χ1n) is 3.48. The highest BCUT2D eigenvalue weighted by Gasteiger charge is 2.14. The van der Waals surface area contributed by atoms with Crippen molar-refractivity contribution in [1.29, 1.82) is 0 Å². The molecule has 6 nitrogen and oxygen atoms in total. The van der Waals surface area contributed by atoms with E-state index < -0.39 is 26.2 Å². The molecular formula is C5H12O6S2. The van der Waals surface area contributed by atoms with E-state index in [1.807, 2.05) is 0 Å². The fraction of sp³-hybridized carbons (Fsp3) is 1.00. The van der Waals surface area contributed by atoms with E-state index in [0.29, 0.717) is 6.42 Å². The fourth-order valence-corrected chi connectivity index (χ4v) is 2.05. The smallest absolute Gasteiger partial charge is 0.268 e. The van der Waals surface area contributed by atoms with Crippen molar-refractivity contribution in [3.8, 4) is 0 Å². The molecule has 0 aliphatic rings. The van der Waals surface area contributed by atoms with Crippen LogP contribution in [0.25, 0.3) is 0 Å². The van der Waals surface area contributed by atoms with E-state index in [2.05, 4.69) is 8.37 Å². The van der Waals surface area contributed by atoms with Gasteiger partial charge in [-0.1, -0.05) is 6.92 Å². The molecule has 0 saturated carbocycles. The Bertz CT molecular complexity index is 326. The van der Waals surface area contributed by atoms with Gasteiger partial charge < -0.3 is 0 Å². The van der Waals surface area contributed by atoms with Gasteiger partial charge in [0.2, 0.25) is 0 Å². The summed E-state index contributed by atoms with van der Waals surface area (Å²) in [6.45, 7) is 1.75. The van der Waals surface area contributed by atoms with Crippen LogP contribution >= 0.6 is 0 Å². The first-order chi connectivity index (χ1) is 5.77.